The molecule has 0 radical (unpaired) electrons. The molecule has 1 atom stereocenters. The van der Waals surface area contributed by atoms with Gasteiger partial charge in [0, 0.05) is 17.5 Å². The zero-order valence-electron chi connectivity index (χ0n) is 10.6. The maximum atomic E-state index is 3.50. The number of rotatable bonds is 7. The van der Waals surface area contributed by atoms with E-state index in [1.54, 1.807) is 0 Å². The van der Waals surface area contributed by atoms with Crippen molar-refractivity contribution in [3.05, 3.63) is 35.9 Å². The first-order valence-corrected chi connectivity index (χ1v) is 7.09. The van der Waals surface area contributed by atoms with Crippen LogP contribution in [0.15, 0.2) is 30.3 Å². The fourth-order valence-corrected chi connectivity index (χ4v) is 2.35. The Hall–Kier alpha value is -0.470. The zero-order chi connectivity index (χ0) is 11.8. The lowest BCUT2D eigenvalue weighted by Crippen LogP contribution is -2.26. The van der Waals surface area contributed by atoms with Gasteiger partial charge in [-0.1, -0.05) is 51.1 Å². The molecule has 0 spiro atoms. The number of hydrogen-bond donors (Lipinski definition) is 1. The Balaban J connectivity index is 2.13. The summed E-state index contributed by atoms with van der Waals surface area (Å²) in [6.07, 6.45) is 0. The third-order valence-corrected chi connectivity index (χ3v) is 3.60. The Morgan fingerprint density at radius 3 is 2.38 bits per heavy atom. The van der Waals surface area contributed by atoms with Crippen LogP contribution < -0.4 is 5.32 Å². The van der Waals surface area contributed by atoms with Crippen molar-refractivity contribution in [2.24, 2.45) is 5.92 Å². The summed E-state index contributed by atoms with van der Waals surface area (Å²) in [5.74, 6) is 1.86. The minimum Gasteiger partial charge on any atom is -0.315 e. The fraction of sp³-hybridized carbons (Fsp3) is 0.571. The van der Waals surface area contributed by atoms with Crippen molar-refractivity contribution < 1.29 is 0 Å². The van der Waals surface area contributed by atoms with Gasteiger partial charge in [0.2, 0.25) is 0 Å². The maximum Gasteiger partial charge on any atom is 0.0187 e. The van der Waals surface area contributed by atoms with Gasteiger partial charge in [0.25, 0.3) is 0 Å². The molecular formula is C14H23NS. The molecule has 1 nitrogen and oxygen atoms in total. The molecule has 1 N–H and O–H groups in total. The van der Waals surface area contributed by atoms with Crippen molar-refractivity contribution in [1.82, 2.24) is 5.32 Å². The van der Waals surface area contributed by atoms with Crippen LogP contribution in [-0.4, -0.2) is 18.3 Å². The second-order valence-corrected chi connectivity index (χ2v) is 6.09. The van der Waals surface area contributed by atoms with Gasteiger partial charge in [-0.25, -0.2) is 0 Å². The first-order valence-electron chi connectivity index (χ1n) is 6.04. The first-order chi connectivity index (χ1) is 7.68. The molecule has 0 amide bonds. The summed E-state index contributed by atoms with van der Waals surface area (Å²) in [5, 5.41) is 4.18. The van der Waals surface area contributed by atoms with Gasteiger partial charge in [0.1, 0.15) is 0 Å². The second kappa shape index (κ2) is 7.75. The topological polar surface area (TPSA) is 12.0 Å². The Labute approximate surface area is 104 Å². The Bertz CT molecular complexity index is 271. The van der Waals surface area contributed by atoms with Crippen LogP contribution in [0.3, 0.4) is 0 Å². The number of hydrogen-bond acceptors (Lipinski definition) is 2. The Morgan fingerprint density at radius 1 is 1.06 bits per heavy atom. The minimum atomic E-state index is 0.680. The highest BCUT2D eigenvalue weighted by atomic mass is 32.2. The zero-order valence-corrected chi connectivity index (χ0v) is 11.4. The number of benzene rings is 1. The van der Waals surface area contributed by atoms with Crippen LogP contribution in [0.2, 0.25) is 0 Å². The van der Waals surface area contributed by atoms with Crippen molar-refractivity contribution in [2.75, 3.05) is 13.1 Å². The molecule has 1 unspecified atom stereocenters. The van der Waals surface area contributed by atoms with E-state index in [0.717, 1.165) is 24.8 Å². The van der Waals surface area contributed by atoms with Gasteiger partial charge < -0.3 is 5.32 Å². The monoisotopic (exact) mass is 237 g/mol. The predicted octanol–water partition coefficient (Wildman–Crippen LogP) is 3.55. The second-order valence-electron chi connectivity index (χ2n) is 4.66. The highest BCUT2D eigenvalue weighted by Crippen LogP contribution is 2.16. The van der Waals surface area contributed by atoms with Gasteiger partial charge in [-0.05, 0) is 18.0 Å². The quantitative estimate of drug-likeness (QED) is 0.778. The summed E-state index contributed by atoms with van der Waals surface area (Å²) >= 11 is 2.02. The largest absolute Gasteiger partial charge is 0.315 e. The van der Waals surface area contributed by atoms with Gasteiger partial charge in [0.05, 0.1) is 0 Å². The van der Waals surface area contributed by atoms with Crippen molar-refractivity contribution in [2.45, 2.75) is 31.8 Å². The normalized spacial score (nSPS) is 13.0. The molecule has 1 aromatic rings. The average molecular weight is 237 g/mol. The van der Waals surface area contributed by atoms with E-state index < -0.39 is 0 Å². The molecule has 16 heavy (non-hydrogen) atoms. The smallest absolute Gasteiger partial charge is 0.0187 e. The lowest BCUT2D eigenvalue weighted by atomic mass is 10.2. The summed E-state index contributed by atoms with van der Waals surface area (Å²) < 4.78 is 0. The van der Waals surface area contributed by atoms with Crippen molar-refractivity contribution in [1.29, 1.82) is 0 Å². The number of nitrogens with one attached hydrogen (secondary N) is 1. The molecule has 0 bridgehead atoms. The molecular weight excluding hydrogens is 214 g/mol. The van der Waals surface area contributed by atoms with Gasteiger partial charge in [-0.3, -0.25) is 0 Å². The molecule has 1 aromatic carbocycles. The summed E-state index contributed by atoms with van der Waals surface area (Å²) in [7, 11) is 0. The average Bonchev–Trinajstić information content (AvgIpc) is 2.27. The van der Waals surface area contributed by atoms with Crippen molar-refractivity contribution >= 4 is 11.8 Å². The fourth-order valence-electron chi connectivity index (χ4n) is 1.45. The van der Waals surface area contributed by atoms with Crippen molar-refractivity contribution in [3.63, 3.8) is 0 Å². The third-order valence-electron chi connectivity index (χ3n) is 2.36. The third kappa shape index (κ3) is 6.19. The summed E-state index contributed by atoms with van der Waals surface area (Å²) in [6.45, 7) is 9.01. The van der Waals surface area contributed by atoms with Gasteiger partial charge in [0.15, 0.2) is 0 Å². The molecule has 0 aliphatic heterocycles. The van der Waals surface area contributed by atoms with Crippen LogP contribution in [0.25, 0.3) is 0 Å². The van der Waals surface area contributed by atoms with Gasteiger partial charge in [-0.2, -0.15) is 11.8 Å². The summed E-state index contributed by atoms with van der Waals surface area (Å²) in [5.41, 5.74) is 1.42. The molecule has 0 fully saturated rings. The Kier molecular flexibility index (Phi) is 6.58. The van der Waals surface area contributed by atoms with E-state index in [1.165, 1.54) is 5.56 Å². The van der Waals surface area contributed by atoms with Gasteiger partial charge in [-0.15, -0.1) is 0 Å². The molecule has 0 heterocycles. The van der Waals surface area contributed by atoms with Crippen LogP contribution in [0.5, 0.6) is 0 Å². The highest BCUT2D eigenvalue weighted by Gasteiger charge is 2.03. The molecule has 0 saturated carbocycles. The minimum absolute atomic E-state index is 0.680. The van der Waals surface area contributed by atoms with Crippen LogP contribution in [0.1, 0.15) is 26.3 Å². The van der Waals surface area contributed by atoms with E-state index in [1.807, 2.05) is 11.8 Å². The number of thioether (sulfide) groups is 1. The summed E-state index contributed by atoms with van der Waals surface area (Å²) in [6, 6.07) is 10.7. The predicted molar refractivity (Wildman–Crippen MR) is 74.9 cm³/mol. The maximum absolute atomic E-state index is 3.50. The molecule has 1 rings (SSSR count). The summed E-state index contributed by atoms with van der Waals surface area (Å²) in [4.78, 5) is 0. The van der Waals surface area contributed by atoms with E-state index in [-0.39, 0.29) is 0 Å². The lowest BCUT2D eigenvalue weighted by Gasteiger charge is -2.13. The molecule has 0 saturated heterocycles. The van der Waals surface area contributed by atoms with Gasteiger partial charge >= 0.3 is 0 Å². The van der Waals surface area contributed by atoms with E-state index in [9.17, 15) is 0 Å². The van der Waals surface area contributed by atoms with E-state index in [2.05, 4.69) is 56.4 Å². The van der Waals surface area contributed by atoms with E-state index >= 15 is 0 Å². The first kappa shape index (κ1) is 13.6. The van der Waals surface area contributed by atoms with Crippen LogP contribution in [0.4, 0.5) is 0 Å². The van der Waals surface area contributed by atoms with E-state index in [0.29, 0.717) is 5.25 Å². The van der Waals surface area contributed by atoms with E-state index in [4.69, 9.17) is 0 Å². The van der Waals surface area contributed by atoms with Crippen molar-refractivity contribution in [3.8, 4) is 0 Å². The van der Waals surface area contributed by atoms with Crippen LogP contribution in [-0.2, 0) is 5.75 Å². The molecule has 2 heteroatoms. The highest BCUT2D eigenvalue weighted by molar-refractivity contribution is 7.99. The standard InChI is InChI=1S/C14H23NS/c1-12(2)9-15-10-13(3)16-11-14-7-5-4-6-8-14/h4-8,12-13,15H,9-11H2,1-3H3. The molecule has 0 aliphatic rings. The van der Waals surface area contributed by atoms with Crippen LogP contribution >= 0.6 is 11.8 Å². The molecule has 90 valence electrons. The molecule has 0 aliphatic carbocycles. The lowest BCUT2D eigenvalue weighted by molar-refractivity contribution is 0.554. The SMILES string of the molecule is CC(C)CNCC(C)SCc1ccccc1. The Morgan fingerprint density at radius 2 is 1.75 bits per heavy atom. The molecule has 0 aromatic heterocycles. The van der Waals surface area contributed by atoms with Crippen LogP contribution in [0, 0.1) is 5.92 Å².